The van der Waals surface area contributed by atoms with Gasteiger partial charge in [0.1, 0.15) is 140 Å². The molecule has 6 fully saturated rings. The van der Waals surface area contributed by atoms with Crippen LogP contribution in [0.5, 0.6) is 0 Å². The number of amides is 4. The fourth-order valence-corrected chi connectivity index (χ4v) is 9.94. The van der Waals surface area contributed by atoms with Gasteiger partial charge in [-0.2, -0.15) is 0 Å². The number of aliphatic hydroxyl groups excluding tert-OH is 15. The molecule has 19 N–H and O–H groups in total. The number of hydrogen-bond acceptors (Lipinski definition) is 30. The summed E-state index contributed by atoms with van der Waals surface area (Å²) in [6.07, 6.45) is -48.3. The third kappa shape index (κ3) is 14.4. The Balaban J connectivity index is 1.34. The first-order chi connectivity index (χ1) is 36.8. The van der Waals surface area contributed by atoms with E-state index in [0.29, 0.717) is 0 Å². The normalized spacial score (nSPS) is 47.1. The molecule has 450 valence electrons. The molecule has 0 aliphatic carbocycles. The molecule has 6 heterocycles. The third-order valence-electron chi connectivity index (χ3n) is 14.0. The summed E-state index contributed by atoms with van der Waals surface area (Å²) in [6.45, 7) is 0.755. The summed E-state index contributed by atoms with van der Waals surface area (Å²) in [5, 5.41) is 173. The molecule has 6 saturated heterocycles. The van der Waals surface area contributed by atoms with E-state index in [-0.39, 0.29) is 0 Å². The quantitative estimate of drug-likeness (QED) is 0.0571. The molecule has 6 aliphatic rings. The first kappa shape index (κ1) is 64.0. The van der Waals surface area contributed by atoms with Crippen LogP contribution in [0, 0.1) is 0 Å². The molecule has 0 bridgehead atoms. The van der Waals surface area contributed by atoms with Gasteiger partial charge in [-0.15, -0.1) is 0 Å². The van der Waals surface area contributed by atoms with Crippen molar-refractivity contribution in [3.63, 3.8) is 0 Å². The van der Waals surface area contributed by atoms with Gasteiger partial charge in [-0.3, -0.25) is 19.2 Å². The summed E-state index contributed by atoms with van der Waals surface area (Å²) in [6, 6.07) is -6.66. The molecule has 6 rings (SSSR count). The van der Waals surface area contributed by atoms with E-state index in [1.165, 1.54) is 6.92 Å². The molecule has 0 unspecified atom stereocenters. The molecule has 6 aliphatic heterocycles. The Kier molecular flexibility index (Phi) is 22.8. The Bertz CT molecular complexity index is 1970. The number of rotatable bonds is 19. The van der Waals surface area contributed by atoms with Gasteiger partial charge in [0.2, 0.25) is 23.6 Å². The molecule has 0 saturated carbocycles. The zero-order chi connectivity index (χ0) is 57.8. The second-order valence-electron chi connectivity index (χ2n) is 19.7. The van der Waals surface area contributed by atoms with Gasteiger partial charge in [-0.1, -0.05) is 0 Å². The molecule has 0 aromatic rings. The number of carbonyl (C=O) groups is 4. The first-order valence-electron chi connectivity index (χ1n) is 24.9. The largest absolute Gasteiger partial charge is 0.394 e. The molecule has 0 spiro atoms. The lowest BCUT2D eigenvalue weighted by Crippen LogP contribution is -2.71. The van der Waals surface area contributed by atoms with Gasteiger partial charge in [0.15, 0.2) is 37.7 Å². The highest BCUT2D eigenvalue weighted by atomic mass is 16.8. The lowest BCUT2D eigenvalue weighted by molar-refractivity contribution is -0.397. The minimum atomic E-state index is -2.15. The standard InChI is InChI=1S/C44H74N4O30/c1-11-25(57)33(65)34(66)43(69-11)78-38-37(77-42-22(46-13(3)54)32(64)27(59)17(7-50)73-42)29(61)19(9-52)74-44(38)76-35-23(47-14(4)55)39(67)70-20(30(35)62)10-68-40-24(48-15(5)56)36(28(60)18(8-51)71-40)75-41-21(45-12(2)53)31(63)26(58)16(6-49)72-41/h11,16-44,49-52,57-67H,6-10H2,1-5H3,(H,45,53)(H,46,54)(H,47,55)(H,48,56)/t11-,16+,17+,18+,19+,20+,21+,22+,23+,24+,25+,26+,27-,28+,29-,30-,31+,32+,33+,34-,35+,36+,37-,38+,39-,40+,41-,42+,43-,44-/m0/s1. The van der Waals surface area contributed by atoms with Crippen molar-refractivity contribution >= 4 is 23.6 Å². The Hall–Kier alpha value is -3.16. The van der Waals surface area contributed by atoms with E-state index in [2.05, 4.69) is 21.3 Å². The van der Waals surface area contributed by atoms with E-state index in [9.17, 15) is 95.8 Å². The molecule has 34 heteroatoms. The molecule has 0 aromatic heterocycles. The van der Waals surface area contributed by atoms with Crippen molar-refractivity contribution in [2.24, 2.45) is 0 Å². The predicted octanol–water partition coefficient (Wildman–Crippen LogP) is -12.5. The first-order valence-corrected chi connectivity index (χ1v) is 24.9. The van der Waals surface area contributed by atoms with Crippen molar-refractivity contribution in [2.75, 3.05) is 33.0 Å². The predicted molar refractivity (Wildman–Crippen MR) is 244 cm³/mol. The van der Waals surface area contributed by atoms with Crippen molar-refractivity contribution in [1.82, 2.24) is 21.3 Å². The molecule has 0 aromatic carbocycles. The van der Waals surface area contributed by atoms with Crippen LogP contribution >= 0.6 is 0 Å². The molecular weight excluding hydrogens is 1060 g/mol. The Morgan fingerprint density at radius 2 is 0.731 bits per heavy atom. The minimum absolute atomic E-state index is 0.739. The summed E-state index contributed by atoms with van der Waals surface area (Å²) >= 11 is 0. The smallest absolute Gasteiger partial charge is 0.217 e. The van der Waals surface area contributed by atoms with Crippen LogP contribution in [0.2, 0.25) is 0 Å². The second-order valence-corrected chi connectivity index (χ2v) is 19.7. The fraction of sp³-hybridized carbons (Fsp3) is 0.909. The van der Waals surface area contributed by atoms with E-state index in [0.717, 1.165) is 27.7 Å². The van der Waals surface area contributed by atoms with Gasteiger partial charge in [0.05, 0.1) is 39.1 Å². The van der Waals surface area contributed by atoms with E-state index in [4.69, 9.17) is 52.1 Å². The van der Waals surface area contributed by atoms with Gasteiger partial charge in [-0.05, 0) is 6.92 Å². The van der Waals surface area contributed by atoms with Crippen molar-refractivity contribution in [3.8, 4) is 0 Å². The van der Waals surface area contributed by atoms with Crippen molar-refractivity contribution in [1.29, 1.82) is 0 Å². The van der Waals surface area contributed by atoms with Crippen LogP contribution in [0.3, 0.4) is 0 Å². The number of nitrogens with one attached hydrogen (secondary N) is 4. The van der Waals surface area contributed by atoms with E-state index in [1.54, 1.807) is 0 Å². The van der Waals surface area contributed by atoms with Gasteiger partial charge < -0.3 is 150 Å². The second kappa shape index (κ2) is 27.7. The minimum Gasteiger partial charge on any atom is -0.394 e. The van der Waals surface area contributed by atoms with Crippen LogP contribution in [0.1, 0.15) is 34.6 Å². The molecule has 4 amide bonds. The summed E-state index contributed by atoms with van der Waals surface area (Å²) in [7, 11) is 0. The Morgan fingerprint density at radius 3 is 1.22 bits per heavy atom. The monoisotopic (exact) mass is 1140 g/mol. The van der Waals surface area contributed by atoms with Gasteiger partial charge in [0, 0.05) is 27.7 Å². The number of carbonyl (C=O) groups excluding carboxylic acids is 4. The maximum absolute atomic E-state index is 12.7. The van der Waals surface area contributed by atoms with E-state index in [1.807, 2.05) is 0 Å². The van der Waals surface area contributed by atoms with Gasteiger partial charge in [-0.25, -0.2) is 0 Å². The van der Waals surface area contributed by atoms with Crippen LogP contribution in [0.25, 0.3) is 0 Å². The maximum atomic E-state index is 12.7. The highest BCUT2D eigenvalue weighted by Gasteiger charge is 2.58. The van der Waals surface area contributed by atoms with Crippen LogP contribution in [-0.2, 0) is 71.3 Å². The third-order valence-corrected chi connectivity index (χ3v) is 14.0. The van der Waals surface area contributed by atoms with Crippen molar-refractivity contribution in [3.05, 3.63) is 0 Å². The van der Waals surface area contributed by atoms with E-state index < -0.39 is 241 Å². The lowest BCUT2D eigenvalue weighted by atomic mass is 9.94. The Labute approximate surface area is 443 Å². The van der Waals surface area contributed by atoms with Crippen LogP contribution in [0.4, 0.5) is 0 Å². The summed E-state index contributed by atoms with van der Waals surface area (Å²) < 4.78 is 65.2. The zero-order valence-corrected chi connectivity index (χ0v) is 42.7. The average molecular weight is 1140 g/mol. The number of hydrogen-bond donors (Lipinski definition) is 19. The number of ether oxygens (including phenoxy) is 11. The maximum Gasteiger partial charge on any atom is 0.217 e. The van der Waals surface area contributed by atoms with Crippen molar-refractivity contribution in [2.45, 2.75) is 219 Å². The average Bonchev–Trinajstić information content (AvgIpc) is 3.38. The highest BCUT2D eigenvalue weighted by Crippen LogP contribution is 2.37. The van der Waals surface area contributed by atoms with Crippen LogP contribution in [-0.4, -0.2) is 317 Å². The Morgan fingerprint density at radius 1 is 0.359 bits per heavy atom. The highest BCUT2D eigenvalue weighted by molar-refractivity contribution is 5.74. The molecule has 30 atom stereocenters. The summed E-state index contributed by atoms with van der Waals surface area (Å²) in [5.74, 6) is -3.17. The molecular formula is C44H74N4O30. The lowest BCUT2D eigenvalue weighted by Gasteiger charge is -2.51. The van der Waals surface area contributed by atoms with Gasteiger partial charge >= 0.3 is 0 Å². The van der Waals surface area contributed by atoms with Crippen LogP contribution < -0.4 is 21.3 Å². The number of aliphatic hydroxyl groups is 15. The summed E-state index contributed by atoms with van der Waals surface area (Å²) in [4.78, 5) is 49.9. The molecule has 0 radical (unpaired) electrons. The zero-order valence-electron chi connectivity index (χ0n) is 42.7. The SMILES string of the molecule is CC(=O)N[C@@H]1[C@@H](O[C@@H]2O[C@H](CO)[C@H](O)[C@H](O[C@H]3O[C@H](CO)[C@H](O)[C@H](O)[C@H]3NC(C)=O)[C@H]2O[C@@H]2O[C@@H](C)[C@@H](O)[C@@H](O)[C@@H]2O)[C@@H](O)[C@@H](CO[C@@H]2O[C@H](CO)[C@@H](O)[C@H](O[C@@H]3O[C@H](CO)[C@@H](O)[C@H](O)[C@H]3NC(C)=O)[C@H]2NC(C)=O)O[C@@H]1O. The van der Waals surface area contributed by atoms with Gasteiger partial charge in [0.25, 0.3) is 0 Å². The molecule has 78 heavy (non-hydrogen) atoms. The van der Waals surface area contributed by atoms with Crippen molar-refractivity contribution < 1.29 is 148 Å². The summed E-state index contributed by atoms with van der Waals surface area (Å²) in [5.41, 5.74) is 0. The van der Waals surface area contributed by atoms with E-state index >= 15 is 0 Å². The topological polar surface area (TPSA) is 521 Å². The molecule has 34 nitrogen and oxygen atoms in total. The fourth-order valence-electron chi connectivity index (χ4n) is 9.94. The van der Waals surface area contributed by atoms with Crippen LogP contribution in [0.15, 0.2) is 0 Å².